The summed E-state index contributed by atoms with van der Waals surface area (Å²) in [6.45, 7) is 6.31. The summed E-state index contributed by atoms with van der Waals surface area (Å²) >= 11 is 1.42. The highest BCUT2D eigenvalue weighted by Crippen LogP contribution is 2.38. The number of hydrogen-bond acceptors (Lipinski definition) is 5. The molecular formula is C22H26FNO3S. The monoisotopic (exact) mass is 403 g/mol. The highest BCUT2D eigenvalue weighted by atomic mass is 32.1. The lowest BCUT2D eigenvalue weighted by Gasteiger charge is -2.14. The number of aromatic nitrogens is 1. The zero-order chi connectivity index (χ0) is 20.3. The molecule has 3 rings (SSSR count). The molecule has 6 heteroatoms. The number of ketones is 1. The largest absolute Gasteiger partial charge is 0.491 e. The fourth-order valence-corrected chi connectivity index (χ4v) is 4.92. The summed E-state index contributed by atoms with van der Waals surface area (Å²) in [5, 5.41) is 0.619. The van der Waals surface area contributed by atoms with E-state index in [0.29, 0.717) is 35.2 Å². The van der Waals surface area contributed by atoms with E-state index in [2.05, 4.69) is 11.9 Å². The second-order valence-corrected chi connectivity index (χ2v) is 8.47. The maximum atomic E-state index is 14.2. The molecule has 0 amide bonds. The number of aryl methyl sites for hydroxylation is 1. The van der Waals surface area contributed by atoms with Crippen LogP contribution in [-0.4, -0.2) is 23.7 Å². The van der Waals surface area contributed by atoms with E-state index in [-0.39, 0.29) is 17.5 Å². The van der Waals surface area contributed by atoms with Crippen LogP contribution in [0, 0.1) is 17.7 Å². The average Bonchev–Trinajstić information content (AvgIpc) is 3.30. The predicted molar refractivity (Wildman–Crippen MR) is 108 cm³/mol. The molecule has 1 aromatic carbocycles. The van der Waals surface area contributed by atoms with Crippen molar-refractivity contribution in [3.63, 3.8) is 0 Å². The number of rotatable bonds is 8. The maximum Gasteiger partial charge on any atom is 0.165 e. The third-order valence-corrected chi connectivity index (χ3v) is 6.63. The molecule has 1 heterocycles. The molecule has 1 aromatic heterocycles. The Balaban J connectivity index is 1.92. The Labute approximate surface area is 169 Å². The van der Waals surface area contributed by atoms with Crippen LogP contribution in [-0.2, 0) is 16.0 Å². The topological polar surface area (TPSA) is 56.3 Å². The van der Waals surface area contributed by atoms with Gasteiger partial charge in [-0.05, 0) is 56.7 Å². The van der Waals surface area contributed by atoms with Gasteiger partial charge in [-0.25, -0.2) is 9.37 Å². The van der Waals surface area contributed by atoms with Crippen LogP contribution in [0.4, 0.5) is 4.39 Å². The van der Waals surface area contributed by atoms with Gasteiger partial charge in [-0.15, -0.1) is 11.3 Å². The van der Waals surface area contributed by atoms with Crippen LogP contribution < -0.4 is 4.74 Å². The normalized spacial score (nSPS) is 20.1. The number of aldehydes is 1. The SMILES string of the molecule is CCOc1ccc(-c2nc(C(C=O)C(=O)[C@@H]3CC[C@@H](C)C3)c(CC)s2)cc1F. The number of carbonyl (C=O) groups is 2. The van der Waals surface area contributed by atoms with Crippen molar-refractivity contribution >= 4 is 23.4 Å². The first-order valence-corrected chi connectivity index (χ1v) is 10.7. The fourth-order valence-electron chi connectivity index (χ4n) is 3.88. The van der Waals surface area contributed by atoms with Crippen LogP contribution in [0.3, 0.4) is 0 Å². The fraction of sp³-hybridized carbons (Fsp3) is 0.500. The third-order valence-electron chi connectivity index (χ3n) is 5.36. The van der Waals surface area contributed by atoms with Crippen LogP contribution in [0.2, 0.25) is 0 Å². The maximum absolute atomic E-state index is 14.2. The van der Waals surface area contributed by atoms with Gasteiger partial charge in [0, 0.05) is 16.4 Å². The van der Waals surface area contributed by atoms with Crippen LogP contribution >= 0.6 is 11.3 Å². The van der Waals surface area contributed by atoms with E-state index in [9.17, 15) is 14.0 Å². The Bertz CT molecular complexity index is 863. The number of nitrogens with zero attached hydrogens (tertiary/aromatic N) is 1. The molecule has 1 aliphatic carbocycles. The number of benzene rings is 1. The van der Waals surface area contributed by atoms with Gasteiger partial charge in [-0.2, -0.15) is 0 Å². The minimum Gasteiger partial charge on any atom is -0.491 e. The molecule has 2 aromatic rings. The van der Waals surface area contributed by atoms with Crippen LogP contribution in [0.5, 0.6) is 5.75 Å². The Morgan fingerprint density at radius 2 is 2.18 bits per heavy atom. The molecule has 0 saturated heterocycles. The van der Waals surface area contributed by atoms with Crippen molar-refractivity contribution in [1.29, 1.82) is 0 Å². The van der Waals surface area contributed by atoms with Gasteiger partial charge in [0.25, 0.3) is 0 Å². The van der Waals surface area contributed by atoms with E-state index in [1.165, 1.54) is 17.4 Å². The number of hydrogen-bond donors (Lipinski definition) is 0. The Morgan fingerprint density at radius 3 is 2.75 bits per heavy atom. The zero-order valence-corrected chi connectivity index (χ0v) is 17.4. The number of Topliss-reactive ketones (excluding diaryl/α,β-unsaturated/α-hetero) is 1. The van der Waals surface area contributed by atoms with E-state index in [1.807, 2.05) is 6.92 Å². The van der Waals surface area contributed by atoms with Crippen molar-refractivity contribution in [2.75, 3.05) is 6.61 Å². The molecular weight excluding hydrogens is 377 g/mol. The second kappa shape index (κ2) is 8.95. The van der Waals surface area contributed by atoms with Gasteiger partial charge >= 0.3 is 0 Å². The van der Waals surface area contributed by atoms with E-state index >= 15 is 0 Å². The van der Waals surface area contributed by atoms with Gasteiger partial charge in [0.1, 0.15) is 17.2 Å². The molecule has 1 unspecified atom stereocenters. The number of halogens is 1. The van der Waals surface area contributed by atoms with Gasteiger partial charge in [0.2, 0.25) is 0 Å². The average molecular weight is 404 g/mol. The minimum absolute atomic E-state index is 0.0243. The highest BCUT2D eigenvalue weighted by Gasteiger charge is 2.35. The molecule has 1 aliphatic rings. The van der Waals surface area contributed by atoms with Crippen molar-refractivity contribution in [3.8, 4) is 16.3 Å². The second-order valence-electron chi connectivity index (χ2n) is 7.39. The molecule has 4 nitrogen and oxygen atoms in total. The van der Waals surface area contributed by atoms with Gasteiger partial charge in [0.15, 0.2) is 17.3 Å². The number of ether oxygens (including phenoxy) is 1. The van der Waals surface area contributed by atoms with Gasteiger partial charge in [-0.1, -0.05) is 13.8 Å². The standard InChI is InChI=1S/C22H26FNO3S/c1-4-19-20(16(12-25)21(26)14-7-6-13(3)10-14)24-22(28-19)15-8-9-18(27-5-2)17(23)11-15/h8-9,11-14,16H,4-7,10H2,1-3H3/t13-,14-,16?/m1/s1. The van der Waals surface area contributed by atoms with Crippen LogP contribution in [0.25, 0.3) is 10.6 Å². The highest BCUT2D eigenvalue weighted by molar-refractivity contribution is 7.15. The predicted octanol–water partition coefficient (Wildman–Crippen LogP) is 5.20. The summed E-state index contributed by atoms with van der Waals surface area (Å²) in [6, 6.07) is 4.74. The molecule has 0 spiro atoms. The summed E-state index contributed by atoms with van der Waals surface area (Å²) in [4.78, 5) is 30.3. The molecule has 0 radical (unpaired) electrons. The zero-order valence-electron chi connectivity index (χ0n) is 16.5. The molecule has 28 heavy (non-hydrogen) atoms. The molecule has 1 saturated carbocycles. The van der Waals surface area contributed by atoms with E-state index in [4.69, 9.17) is 4.74 Å². The summed E-state index contributed by atoms with van der Waals surface area (Å²) in [6.07, 6.45) is 4.10. The van der Waals surface area contributed by atoms with Gasteiger partial charge < -0.3 is 9.53 Å². The summed E-state index contributed by atoms with van der Waals surface area (Å²) in [5.41, 5.74) is 1.16. The van der Waals surface area contributed by atoms with E-state index in [1.54, 1.807) is 19.1 Å². The lowest BCUT2D eigenvalue weighted by molar-refractivity contribution is -0.127. The Hall–Kier alpha value is -2.08. The molecule has 0 N–H and O–H groups in total. The minimum atomic E-state index is -0.831. The van der Waals surface area contributed by atoms with Gasteiger partial charge in [-0.3, -0.25) is 4.79 Å². The number of thiazole rings is 1. The van der Waals surface area contributed by atoms with E-state index < -0.39 is 11.7 Å². The lowest BCUT2D eigenvalue weighted by atomic mass is 9.89. The molecule has 0 aliphatic heterocycles. The number of carbonyl (C=O) groups excluding carboxylic acids is 2. The third kappa shape index (κ3) is 4.17. The van der Waals surface area contributed by atoms with Crippen LogP contribution in [0.15, 0.2) is 18.2 Å². The molecule has 3 atom stereocenters. The van der Waals surface area contributed by atoms with Crippen molar-refractivity contribution in [3.05, 3.63) is 34.6 Å². The van der Waals surface area contributed by atoms with Crippen molar-refractivity contribution < 1.29 is 18.7 Å². The summed E-state index contributed by atoms with van der Waals surface area (Å²) in [7, 11) is 0. The van der Waals surface area contributed by atoms with Crippen molar-refractivity contribution in [2.45, 2.75) is 52.4 Å². The van der Waals surface area contributed by atoms with Gasteiger partial charge in [0.05, 0.1) is 12.3 Å². The first kappa shape index (κ1) is 20.6. The Kier molecular flexibility index (Phi) is 6.60. The van der Waals surface area contributed by atoms with Crippen molar-refractivity contribution in [2.24, 2.45) is 11.8 Å². The first-order valence-electron chi connectivity index (χ1n) is 9.89. The molecule has 1 fully saturated rings. The Morgan fingerprint density at radius 1 is 1.39 bits per heavy atom. The lowest BCUT2D eigenvalue weighted by Crippen LogP contribution is -2.22. The van der Waals surface area contributed by atoms with E-state index in [0.717, 1.165) is 30.4 Å². The summed E-state index contributed by atoms with van der Waals surface area (Å²) in [5.74, 6) is -0.647. The quantitative estimate of drug-likeness (QED) is 0.449. The van der Waals surface area contributed by atoms with Crippen LogP contribution in [0.1, 0.15) is 56.5 Å². The molecule has 0 bridgehead atoms. The molecule has 150 valence electrons. The van der Waals surface area contributed by atoms with Crippen molar-refractivity contribution in [1.82, 2.24) is 4.98 Å². The summed E-state index contributed by atoms with van der Waals surface area (Å²) < 4.78 is 19.5. The smallest absolute Gasteiger partial charge is 0.165 e. The first-order chi connectivity index (χ1) is 13.5.